The summed E-state index contributed by atoms with van der Waals surface area (Å²) in [5.41, 5.74) is 8.88. The molecule has 0 aliphatic heterocycles. The maximum Gasteiger partial charge on any atom is 0.284 e. The Labute approximate surface area is 176 Å². The van der Waals surface area contributed by atoms with Crippen molar-refractivity contribution in [2.75, 3.05) is 5.73 Å². The molecule has 4 heterocycles. The van der Waals surface area contributed by atoms with Gasteiger partial charge in [-0.2, -0.15) is 9.83 Å². The zero-order valence-electron chi connectivity index (χ0n) is 18.1. The maximum atomic E-state index is 6.67. The molecule has 4 aromatic rings. The van der Waals surface area contributed by atoms with E-state index in [1.54, 1.807) is 15.6 Å². The average Bonchev–Trinajstić information content (AvgIpc) is 3.24. The Hall–Kier alpha value is -3.27. The third kappa shape index (κ3) is 3.32. The van der Waals surface area contributed by atoms with Gasteiger partial charge >= 0.3 is 0 Å². The molecule has 4 rings (SSSR count). The lowest BCUT2D eigenvalue weighted by Gasteiger charge is -2.36. The normalized spacial score (nSPS) is 12.5. The number of fused-ring (bicyclic) bond motifs is 1. The molecule has 4 aromatic heterocycles. The van der Waals surface area contributed by atoms with Crippen LogP contribution in [0.3, 0.4) is 0 Å². The van der Waals surface area contributed by atoms with Gasteiger partial charge in [-0.1, -0.05) is 20.8 Å². The summed E-state index contributed by atoms with van der Waals surface area (Å²) in [7, 11) is -0.382. The molecule has 0 atom stereocenters. The molecule has 0 spiro atoms. The minimum absolute atomic E-state index is 0.0114. The molecule has 0 bridgehead atoms. The molecule has 0 aliphatic rings. The van der Waals surface area contributed by atoms with Crippen LogP contribution in [-0.4, -0.2) is 42.8 Å². The molecule has 0 fully saturated rings. The lowest BCUT2D eigenvalue weighted by Crippen LogP contribution is -2.48. The van der Waals surface area contributed by atoms with E-state index in [0.717, 1.165) is 0 Å². The zero-order valence-corrected chi connectivity index (χ0v) is 19.1. The second kappa shape index (κ2) is 6.91. The number of rotatable bonds is 4. The fraction of sp³-hybridized carbons (Fsp3) is 0.350. The molecule has 0 aliphatic carbocycles. The van der Waals surface area contributed by atoms with Gasteiger partial charge in [-0.05, 0) is 42.4 Å². The smallest absolute Gasteiger partial charge is 0.284 e. The fourth-order valence-electron chi connectivity index (χ4n) is 2.82. The summed E-state index contributed by atoms with van der Waals surface area (Å²) in [5.74, 6) is 1.64. The van der Waals surface area contributed by atoms with E-state index in [4.69, 9.17) is 20.2 Å². The Balaban J connectivity index is 1.97. The van der Waals surface area contributed by atoms with Crippen LogP contribution in [0.1, 0.15) is 20.8 Å². The summed E-state index contributed by atoms with van der Waals surface area (Å²) >= 11 is 0. The first kappa shape index (κ1) is 20.0. The van der Waals surface area contributed by atoms with Gasteiger partial charge in [0.2, 0.25) is 0 Å². The van der Waals surface area contributed by atoms with Gasteiger partial charge in [0.25, 0.3) is 8.32 Å². The van der Waals surface area contributed by atoms with E-state index in [9.17, 15) is 0 Å². The second-order valence-corrected chi connectivity index (χ2v) is 13.5. The second-order valence-electron chi connectivity index (χ2n) is 8.76. The summed E-state index contributed by atoms with van der Waals surface area (Å²) in [6, 6.07) is 7.51. The SMILES string of the molecule is Cn1ncnc1-c1ccc2nc(-c3cccnc3N)n(O[Si](C)(C)C(C)(C)C)c2n1. The van der Waals surface area contributed by atoms with E-state index in [-0.39, 0.29) is 5.04 Å². The van der Waals surface area contributed by atoms with E-state index in [1.807, 2.05) is 31.3 Å². The minimum atomic E-state index is -2.21. The Morgan fingerprint density at radius 1 is 1.03 bits per heavy atom. The number of nitrogens with two attached hydrogens (primary N) is 1. The standard InChI is InChI=1S/C20H26N8OSi/c1-20(2,3)30(5,6)29-28-17(13-8-7-11-22-16(13)21)25-15-10-9-14(26-19(15)28)18-23-12-24-27(18)4/h7-12H,1-6H3,(H2,21,22). The summed E-state index contributed by atoms with van der Waals surface area (Å²) in [6.07, 6.45) is 3.16. The van der Waals surface area contributed by atoms with E-state index >= 15 is 0 Å². The Morgan fingerprint density at radius 2 is 1.80 bits per heavy atom. The van der Waals surface area contributed by atoms with Gasteiger partial charge in [0.05, 0.1) is 5.56 Å². The molecule has 0 amide bonds. The van der Waals surface area contributed by atoms with Crippen LogP contribution in [0.2, 0.25) is 18.1 Å². The molecular formula is C20H26N8OSi. The van der Waals surface area contributed by atoms with E-state index in [0.29, 0.717) is 39.9 Å². The van der Waals surface area contributed by atoms with Gasteiger partial charge in [-0.25, -0.2) is 24.6 Å². The van der Waals surface area contributed by atoms with Crippen molar-refractivity contribution in [1.82, 2.24) is 34.4 Å². The van der Waals surface area contributed by atoms with Crippen molar-refractivity contribution in [2.24, 2.45) is 7.05 Å². The quantitative estimate of drug-likeness (QED) is 0.502. The fourth-order valence-corrected chi connectivity index (χ4v) is 3.72. The van der Waals surface area contributed by atoms with Crippen molar-refractivity contribution in [3.05, 3.63) is 36.8 Å². The Bertz CT molecular complexity index is 1220. The van der Waals surface area contributed by atoms with Gasteiger partial charge < -0.3 is 10.3 Å². The molecule has 0 saturated carbocycles. The van der Waals surface area contributed by atoms with Crippen molar-refractivity contribution in [3.63, 3.8) is 0 Å². The highest BCUT2D eigenvalue weighted by Crippen LogP contribution is 2.37. The van der Waals surface area contributed by atoms with Crippen LogP contribution in [0.5, 0.6) is 0 Å². The first-order chi connectivity index (χ1) is 14.1. The highest BCUT2D eigenvalue weighted by Gasteiger charge is 2.41. The molecule has 0 saturated heterocycles. The van der Waals surface area contributed by atoms with Crippen LogP contribution in [-0.2, 0) is 7.05 Å². The van der Waals surface area contributed by atoms with Gasteiger partial charge in [0, 0.05) is 13.2 Å². The lowest BCUT2D eigenvalue weighted by molar-refractivity contribution is 0.264. The van der Waals surface area contributed by atoms with Crippen LogP contribution >= 0.6 is 0 Å². The highest BCUT2D eigenvalue weighted by molar-refractivity contribution is 6.74. The molecule has 156 valence electrons. The van der Waals surface area contributed by atoms with E-state index in [2.05, 4.69) is 48.9 Å². The zero-order chi connectivity index (χ0) is 21.7. The van der Waals surface area contributed by atoms with Crippen molar-refractivity contribution in [1.29, 1.82) is 0 Å². The summed E-state index contributed by atoms with van der Waals surface area (Å²) in [5, 5.41) is 4.13. The monoisotopic (exact) mass is 422 g/mol. The van der Waals surface area contributed by atoms with Gasteiger partial charge in [-0.15, -0.1) is 0 Å². The van der Waals surface area contributed by atoms with Crippen molar-refractivity contribution >= 4 is 25.3 Å². The summed E-state index contributed by atoms with van der Waals surface area (Å²) in [6.45, 7) is 10.9. The molecule has 30 heavy (non-hydrogen) atoms. The molecule has 10 heteroatoms. The van der Waals surface area contributed by atoms with E-state index < -0.39 is 8.32 Å². The number of nitrogen functional groups attached to an aromatic ring is 1. The topological polar surface area (TPSA) is 110 Å². The van der Waals surface area contributed by atoms with Gasteiger partial charge in [0.1, 0.15) is 23.4 Å². The Morgan fingerprint density at radius 3 is 2.43 bits per heavy atom. The van der Waals surface area contributed by atoms with Crippen LogP contribution in [0, 0.1) is 0 Å². The number of anilines is 1. The molecule has 0 radical (unpaired) electrons. The third-order valence-corrected chi connectivity index (χ3v) is 9.86. The van der Waals surface area contributed by atoms with Crippen molar-refractivity contribution in [2.45, 2.75) is 38.9 Å². The number of nitrogens with zero attached hydrogens (tertiary/aromatic N) is 7. The van der Waals surface area contributed by atoms with Crippen LogP contribution in [0.25, 0.3) is 34.1 Å². The summed E-state index contributed by atoms with van der Waals surface area (Å²) in [4.78, 5) is 18.2. The predicted molar refractivity (Wildman–Crippen MR) is 119 cm³/mol. The van der Waals surface area contributed by atoms with E-state index in [1.165, 1.54) is 6.33 Å². The molecule has 9 nitrogen and oxygen atoms in total. The number of imidazole rings is 1. The first-order valence-electron chi connectivity index (χ1n) is 9.73. The van der Waals surface area contributed by atoms with Crippen LogP contribution in [0.4, 0.5) is 5.82 Å². The molecule has 0 aromatic carbocycles. The molecular weight excluding hydrogens is 396 g/mol. The van der Waals surface area contributed by atoms with Crippen LogP contribution < -0.4 is 10.3 Å². The number of hydrogen-bond acceptors (Lipinski definition) is 7. The Kier molecular flexibility index (Phi) is 4.61. The van der Waals surface area contributed by atoms with Crippen molar-refractivity contribution < 1.29 is 4.53 Å². The number of hydrogen-bond donors (Lipinski definition) is 1. The van der Waals surface area contributed by atoms with Gasteiger partial charge in [-0.3, -0.25) is 0 Å². The average molecular weight is 423 g/mol. The van der Waals surface area contributed by atoms with Crippen molar-refractivity contribution in [3.8, 4) is 22.9 Å². The first-order valence-corrected chi connectivity index (χ1v) is 12.6. The third-order valence-electron chi connectivity index (χ3n) is 5.61. The predicted octanol–water partition coefficient (Wildman–Crippen LogP) is 3.30. The highest BCUT2D eigenvalue weighted by atomic mass is 28.4. The molecule has 0 unspecified atom stereocenters. The molecule has 2 N–H and O–H groups in total. The number of aryl methyl sites for hydroxylation is 1. The largest absolute Gasteiger partial charge is 0.466 e. The van der Waals surface area contributed by atoms with Gasteiger partial charge in [0.15, 0.2) is 17.3 Å². The number of aromatic nitrogens is 7. The minimum Gasteiger partial charge on any atom is -0.466 e. The maximum absolute atomic E-state index is 6.67. The lowest BCUT2D eigenvalue weighted by atomic mass is 10.2. The summed E-state index contributed by atoms with van der Waals surface area (Å²) < 4.78 is 10.1. The number of pyridine rings is 2. The van der Waals surface area contributed by atoms with Crippen LogP contribution in [0.15, 0.2) is 36.8 Å².